The van der Waals surface area contributed by atoms with Gasteiger partial charge in [-0.2, -0.15) is 0 Å². The molecule has 168 valence electrons. The summed E-state index contributed by atoms with van der Waals surface area (Å²) in [5.74, 6) is 0.258. The summed E-state index contributed by atoms with van der Waals surface area (Å²) in [7, 11) is 0. The van der Waals surface area contributed by atoms with Gasteiger partial charge in [-0.25, -0.2) is 9.37 Å². The van der Waals surface area contributed by atoms with Crippen molar-refractivity contribution >= 4 is 11.8 Å². The number of hydrogen-bond acceptors (Lipinski definition) is 4. The van der Waals surface area contributed by atoms with Crippen LogP contribution < -0.4 is 5.32 Å². The molecule has 7 heteroatoms. The van der Waals surface area contributed by atoms with E-state index in [0.717, 1.165) is 55.8 Å². The third kappa shape index (κ3) is 3.29. The number of fused-ring (bicyclic) bond motifs is 5. The normalized spacial score (nSPS) is 31.3. The number of carbonyl (C=O) groups is 2. The van der Waals surface area contributed by atoms with E-state index in [2.05, 4.69) is 34.0 Å². The Kier molecular flexibility index (Phi) is 5.02. The first kappa shape index (κ1) is 21.0. The molecule has 3 heterocycles. The molecule has 2 amide bonds. The minimum Gasteiger partial charge on any atom is -0.346 e. The van der Waals surface area contributed by atoms with Crippen molar-refractivity contribution in [3.05, 3.63) is 59.4 Å². The predicted molar refractivity (Wildman–Crippen MR) is 117 cm³/mol. The maximum atomic E-state index is 13.2. The summed E-state index contributed by atoms with van der Waals surface area (Å²) in [5.41, 5.74) is 1.60. The smallest absolute Gasteiger partial charge is 0.270 e. The molecule has 2 aromatic rings. The van der Waals surface area contributed by atoms with Crippen molar-refractivity contribution in [1.82, 2.24) is 20.2 Å². The van der Waals surface area contributed by atoms with E-state index < -0.39 is 5.82 Å². The molecule has 3 aliphatic carbocycles. The summed E-state index contributed by atoms with van der Waals surface area (Å²) in [5, 5.41) is 3.19. The van der Waals surface area contributed by atoms with Gasteiger partial charge in [-0.1, -0.05) is 13.3 Å². The monoisotopic (exact) mass is 436 g/mol. The zero-order valence-corrected chi connectivity index (χ0v) is 18.6. The highest BCUT2D eigenvalue weighted by atomic mass is 19.1. The van der Waals surface area contributed by atoms with Gasteiger partial charge >= 0.3 is 0 Å². The molecule has 32 heavy (non-hydrogen) atoms. The van der Waals surface area contributed by atoms with E-state index in [9.17, 15) is 14.0 Å². The Morgan fingerprint density at radius 2 is 2.09 bits per heavy atom. The molecule has 1 N–H and O–H groups in total. The highest BCUT2D eigenvalue weighted by molar-refractivity contribution is 5.98. The van der Waals surface area contributed by atoms with Gasteiger partial charge in [-0.3, -0.25) is 14.6 Å². The number of nitrogens with zero attached hydrogens (tertiary/aromatic N) is 3. The summed E-state index contributed by atoms with van der Waals surface area (Å²) in [6.07, 6.45) is 10.1. The first-order chi connectivity index (χ1) is 15.3. The van der Waals surface area contributed by atoms with Crippen LogP contribution in [0.3, 0.4) is 0 Å². The Hall–Kier alpha value is -2.83. The second-order valence-corrected chi connectivity index (χ2v) is 9.94. The highest BCUT2D eigenvalue weighted by Crippen LogP contribution is 2.58. The molecule has 1 aliphatic heterocycles. The molecule has 4 atom stereocenters. The van der Waals surface area contributed by atoms with Crippen LogP contribution >= 0.6 is 0 Å². The molecule has 0 aromatic carbocycles. The predicted octanol–water partition coefficient (Wildman–Crippen LogP) is 4.12. The van der Waals surface area contributed by atoms with E-state index >= 15 is 0 Å². The van der Waals surface area contributed by atoms with Crippen LogP contribution in [-0.2, 0) is 6.54 Å². The van der Waals surface area contributed by atoms with E-state index in [1.165, 1.54) is 12.1 Å². The molecule has 6 rings (SSSR count). The van der Waals surface area contributed by atoms with Crippen LogP contribution in [0, 0.1) is 17.7 Å². The minimum atomic E-state index is -0.454. The molecule has 0 saturated heterocycles. The Balaban J connectivity index is 1.34. The molecule has 2 bridgehead atoms. The molecule has 6 nitrogen and oxygen atoms in total. The molecular weight excluding hydrogens is 407 g/mol. The molecule has 0 spiro atoms. The SMILES string of the molecule is CCC1C2CC(C)(NC(=O)c3ccc(F)cn3)CCCC1(N1Cc3ccncc3C1=O)C2. The lowest BCUT2D eigenvalue weighted by Gasteiger charge is -2.62. The van der Waals surface area contributed by atoms with Crippen LogP contribution in [0.2, 0.25) is 0 Å². The zero-order valence-electron chi connectivity index (χ0n) is 18.6. The van der Waals surface area contributed by atoms with E-state index in [0.29, 0.717) is 18.4 Å². The quantitative estimate of drug-likeness (QED) is 0.782. The molecule has 3 saturated carbocycles. The van der Waals surface area contributed by atoms with E-state index in [-0.39, 0.29) is 28.6 Å². The van der Waals surface area contributed by atoms with E-state index in [1.54, 1.807) is 12.4 Å². The lowest BCUT2D eigenvalue weighted by atomic mass is 9.51. The van der Waals surface area contributed by atoms with Crippen molar-refractivity contribution in [1.29, 1.82) is 0 Å². The van der Waals surface area contributed by atoms with Crippen molar-refractivity contribution in [2.24, 2.45) is 11.8 Å². The standard InChI is InChI=1S/C25H29FN4O2/c1-3-20-17-11-24(2,29-22(31)21-6-5-18(26)13-28-21)8-4-9-25(20,12-17)30-15-16-7-10-27-14-19(16)23(30)32/h5-7,10,13-14,17,20H,3-4,8-9,11-12,15H2,1-2H3,(H,29,31). The van der Waals surface area contributed by atoms with Crippen LogP contribution in [0.1, 0.15) is 78.8 Å². The Morgan fingerprint density at radius 1 is 1.25 bits per heavy atom. The maximum Gasteiger partial charge on any atom is 0.270 e. The molecule has 4 unspecified atom stereocenters. The van der Waals surface area contributed by atoms with Gasteiger partial charge in [0.15, 0.2) is 0 Å². The lowest BCUT2D eigenvalue weighted by Crippen LogP contribution is -2.67. The van der Waals surface area contributed by atoms with Crippen molar-refractivity contribution in [3.8, 4) is 0 Å². The summed E-state index contributed by atoms with van der Waals surface area (Å²) < 4.78 is 13.2. The summed E-state index contributed by atoms with van der Waals surface area (Å²) in [6, 6.07) is 4.64. The number of nitrogens with one attached hydrogen (secondary N) is 1. The lowest BCUT2D eigenvalue weighted by molar-refractivity contribution is -0.103. The number of amides is 2. The van der Waals surface area contributed by atoms with E-state index in [1.807, 2.05) is 6.07 Å². The molecule has 0 radical (unpaired) electrons. The van der Waals surface area contributed by atoms with Crippen LogP contribution in [0.25, 0.3) is 0 Å². The first-order valence-corrected chi connectivity index (χ1v) is 11.5. The number of carbonyl (C=O) groups excluding carboxylic acids is 2. The number of pyridine rings is 2. The van der Waals surface area contributed by atoms with Gasteiger partial charge in [0.2, 0.25) is 0 Å². The van der Waals surface area contributed by atoms with Crippen LogP contribution in [0.4, 0.5) is 4.39 Å². The van der Waals surface area contributed by atoms with Gasteiger partial charge in [0, 0.05) is 30.0 Å². The Morgan fingerprint density at radius 3 is 2.81 bits per heavy atom. The van der Waals surface area contributed by atoms with Gasteiger partial charge in [-0.15, -0.1) is 0 Å². The fourth-order valence-corrected chi connectivity index (χ4v) is 6.61. The van der Waals surface area contributed by atoms with Crippen LogP contribution in [0.5, 0.6) is 0 Å². The van der Waals surface area contributed by atoms with Crippen LogP contribution in [0.15, 0.2) is 36.8 Å². The fraction of sp³-hybridized carbons (Fsp3) is 0.520. The average molecular weight is 437 g/mol. The number of aromatic nitrogens is 2. The molecular formula is C25H29FN4O2. The average Bonchev–Trinajstić information content (AvgIpc) is 3.08. The van der Waals surface area contributed by atoms with Gasteiger partial charge < -0.3 is 10.2 Å². The number of rotatable bonds is 4. The van der Waals surface area contributed by atoms with Gasteiger partial charge in [0.05, 0.1) is 11.8 Å². The molecule has 2 aromatic heterocycles. The van der Waals surface area contributed by atoms with Crippen molar-refractivity contribution < 1.29 is 14.0 Å². The largest absolute Gasteiger partial charge is 0.346 e. The van der Waals surface area contributed by atoms with Crippen molar-refractivity contribution in [2.45, 2.75) is 70.0 Å². The summed E-state index contributed by atoms with van der Waals surface area (Å²) in [4.78, 5) is 36.2. The second-order valence-electron chi connectivity index (χ2n) is 9.94. The Labute approximate surface area is 187 Å². The Bertz CT molecular complexity index is 1050. The summed E-state index contributed by atoms with van der Waals surface area (Å²) in [6.45, 7) is 4.99. The van der Waals surface area contributed by atoms with E-state index in [4.69, 9.17) is 0 Å². The van der Waals surface area contributed by atoms with Gasteiger partial charge in [0.25, 0.3) is 11.8 Å². The number of hydrogen-bond donors (Lipinski definition) is 1. The van der Waals surface area contributed by atoms with Gasteiger partial charge in [0.1, 0.15) is 11.5 Å². The van der Waals surface area contributed by atoms with Crippen molar-refractivity contribution in [3.63, 3.8) is 0 Å². The maximum absolute atomic E-state index is 13.2. The summed E-state index contributed by atoms with van der Waals surface area (Å²) >= 11 is 0. The molecule has 3 fully saturated rings. The van der Waals surface area contributed by atoms with Crippen molar-refractivity contribution in [2.75, 3.05) is 0 Å². The molecule has 4 aliphatic rings. The fourth-order valence-electron chi connectivity index (χ4n) is 6.61. The third-order valence-electron chi connectivity index (χ3n) is 7.99. The number of halogens is 1. The second kappa shape index (κ2) is 7.64. The zero-order chi connectivity index (χ0) is 22.5. The van der Waals surface area contributed by atoms with Gasteiger partial charge in [-0.05, 0) is 74.6 Å². The first-order valence-electron chi connectivity index (χ1n) is 11.5. The third-order valence-corrected chi connectivity index (χ3v) is 7.99. The van der Waals surface area contributed by atoms with Crippen LogP contribution in [-0.4, -0.2) is 37.8 Å². The highest BCUT2D eigenvalue weighted by Gasteiger charge is 2.60. The minimum absolute atomic E-state index is 0.0978. The topological polar surface area (TPSA) is 75.2 Å².